The van der Waals surface area contributed by atoms with Crippen molar-refractivity contribution in [2.24, 2.45) is 0 Å². The molecule has 2 aromatic rings. The number of hydrogen-bond acceptors (Lipinski definition) is 5. The Morgan fingerprint density at radius 1 is 1.12 bits per heavy atom. The first-order chi connectivity index (χ1) is 11.8. The molecule has 1 aliphatic rings. The lowest BCUT2D eigenvalue weighted by Gasteiger charge is -2.27. The summed E-state index contributed by atoms with van der Waals surface area (Å²) in [6, 6.07) is 6.46. The Morgan fingerprint density at radius 3 is 2.58 bits per heavy atom. The van der Waals surface area contributed by atoms with Gasteiger partial charge in [0.1, 0.15) is 5.82 Å². The minimum atomic E-state index is -0.237. The molecule has 130 valence electrons. The maximum atomic E-state index is 13.2. The zero-order valence-electron chi connectivity index (χ0n) is 13.9. The van der Waals surface area contributed by atoms with Crippen LogP contribution in [0.25, 0.3) is 11.4 Å². The smallest absolute Gasteiger partial charge is 0.191 e. The molecular formula is C17H23FN4OS. The number of ether oxygens (including phenoxy) is 1. The number of hydrogen-bond donors (Lipinski definition) is 0. The van der Waals surface area contributed by atoms with E-state index in [9.17, 15) is 4.39 Å². The first-order valence-corrected chi connectivity index (χ1v) is 9.38. The van der Waals surface area contributed by atoms with E-state index in [4.69, 9.17) is 4.74 Å². The fourth-order valence-corrected chi connectivity index (χ4v) is 3.49. The van der Waals surface area contributed by atoms with Crippen LogP contribution < -0.4 is 0 Å². The van der Waals surface area contributed by atoms with E-state index >= 15 is 0 Å². The van der Waals surface area contributed by atoms with Crippen molar-refractivity contribution >= 4 is 11.8 Å². The standard InChI is InChI=1S/C17H23FN4OS/c1-2-13-24-17-20-19-16(14-3-5-15(18)6-4-14)22(17)8-7-21-9-11-23-12-10-21/h3-6H,2,7-13H2,1H3. The lowest BCUT2D eigenvalue weighted by Crippen LogP contribution is -2.38. The third-order valence-corrected chi connectivity index (χ3v) is 5.17. The third-order valence-electron chi connectivity index (χ3n) is 4.00. The van der Waals surface area contributed by atoms with Gasteiger partial charge in [-0.15, -0.1) is 10.2 Å². The van der Waals surface area contributed by atoms with E-state index in [1.54, 1.807) is 23.9 Å². The molecule has 0 aliphatic carbocycles. The number of halogens is 1. The van der Waals surface area contributed by atoms with E-state index in [2.05, 4.69) is 26.6 Å². The summed E-state index contributed by atoms with van der Waals surface area (Å²) in [5.74, 6) is 1.58. The van der Waals surface area contributed by atoms with Crippen LogP contribution in [0.1, 0.15) is 13.3 Å². The van der Waals surface area contributed by atoms with Crippen LogP contribution >= 0.6 is 11.8 Å². The van der Waals surface area contributed by atoms with Crippen LogP contribution in [0.5, 0.6) is 0 Å². The summed E-state index contributed by atoms with van der Waals surface area (Å²) in [5.41, 5.74) is 0.897. The second-order valence-electron chi connectivity index (χ2n) is 5.77. The molecule has 0 unspecified atom stereocenters. The van der Waals surface area contributed by atoms with Crippen molar-refractivity contribution in [2.75, 3.05) is 38.6 Å². The van der Waals surface area contributed by atoms with E-state index in [1.165, 1.54) is 12.1 Å². The maximum absolute atomic E-state index is 13.2. The molecule has 0 atom stereocenters. The Balaban J connectivity index is 1.79. The van der Waals surface area contributed by atoms with Gasteiger partial charge in [-0.1, -0.05) is 18.7 Å². The zero-order chi connectivity index (χ0) is 16.8. The Bertz CT molecular complexity index is 641. The molecule has 1 aromatic carbocycles. The third kappa shape index (κ3) is 4.34. The van der Waals surface area contributed by atoms with Crippen molar-refractivity contribution in [1.82, 2.24) is 19.7 Å². The van der Waals surface area contributed by atoms with Crippen LogP contribution in [0.4, 0.5) is 4.39 Å². The highest BCUT2D eigenvalue weighted by Crippen LogP contribution is 2.24. The Hall–Kier alpha value is -1.44. The fourth-order valence-electron chi connectivity index (χ4n) is 2.67. The first kappa shape index (κ1) is 17.4. The molecule has 1 aromatic heterocycles. The molecule has 2 heterocycles. The number of benzene rings is 1. The number of nitrogens with zero attached hydrogens (tertiary/aromatic N) is 4. The number of aromatic nitrogens is 3. The Morgan fingerprint density at radius 2 is 1.88 bits per heavy atom. The highest BCUT2D eigenvalue weighted by molar-refractivity contribution is 7.99. The Labute approximate surface area is 146 Å². The topological polar surface area (TPSA) is 43.2 Å². The average molecular weight is 350 g/mol. The van der Waals surface area contributed by atoms with Crippen LogP contribution in [-0.4, -0.2) is 58.3 Å². The molecule has 3 rings (SSSR count). The van der Waals surface area contributed by atoms with Crippen molar-refractivity contribution < 1.29 is 9.13 Å². The summed E-state index contributed by atoms with van der Waals surface area (Å²) >= 11 is 1.72. The summed E-state index contributed by atoms with van der Waals surface area (Å²) in [6.45, 7) is 7.44. The first-order valence-electron chi connectivity index (χ1n) is 8.40. The van der Waals surface area contributed by atoms with E-state index in [1.807, 2.05) is 0 Å². The molecule has 0 N–H and O–H groups in total. The highest BCUT2D eigenvalue weighted by atomic mass is 32.2. The van der Waals surface area contributed by atoms with Gasteiger partial charge in [0.05, 0.1) is 13.2 Å². The minimum Gasteiger partial charge on any atom is -0.379 e. The molecule has 0 bridgehead atoms. The molecule has 5 nitrogen and oxygen atoms in total. The van der Waals surface area contributed by atoms with Crippen molar-refractivity contribution in [3.05, 3.63) is 30.1 Å². The normalized spacial score (nSPS) is 15.8. The summed E-state index contributed by atoms with van der Waals surface area (Å²) in [7, 11) is 0. The molecule has 0 spiro atoms. The average Bonchev–Trinajstić information content (AvgIpc) is 3.02. The lowest BCUT2D eigenvalue weighted by atomic mass is 10.2. The molecule has 1 aliphatic heterocycles. The predicted molar refractivity (Wildman–Crippen MR) is 93.7 cm³/mol. The number of morpholine rings is 1. The van der Waals surface area contributed by atoms with Gasteiger partial charge in [-0.3, -0.25) is 4.90 Å². The highest BCUT2D eigenvalue weighted by Gasteiger charge is 2.16. The van der Waals surface area contributed by atoms with Crippen molar-refractivity contribution in [3.8, 4) is 11.4 Å². The van der Waals surface area contributed by atoms with Gasteiger partial charge in [-0.2, -0.15) is 0 Å². The molecule has 1 saturated heterocycles. The maximum Gasteiger partial charge on any atom is 0.191 e. The van der Waals surface area contributed by atoms with Crippen molar-refractivity contribution in [1.29, 1.82) is 0 Å². The lowest BCUT2D eigenvalue weighted by molar-refractivity contribution is 0.0361. The van der Waals surface area contributed by atoms with Gasteiger partial charge in [-0.05, 0) is 30.7 Å². The SMILES string of the molecule is CCCSc1nnc(-c2ccc(F)cc2)n1CCN1CCOCC1. The van der Waals surface area contributed by atoms with Crippen LogP contribution in [0.3, 0.4) is 0 Å². The number of thioether (sulfide) groups is 1. The van der Waals surface area contributed by atoms with E-state index in [0.29, 0.717) is 0 Å². The predicted octanol–water partition coefficient (Wildman–Crippen LogP) is 2.92. The van der Waals surface area contributed by atoms with Gasteiger partial charge >= 0.3 is 0 Å². The van der Waals surface area contributed by atoms with Crippen molar-refractivity contribution in [2.45, 2.75) is 25.0 Å². The van der Waals surface area contributed by atoms with Crippen LogP contribution in [0.15, 0.2) is 29.4 Å². The van der Waals surface area contributed by atoms with E-state index in [-0.39, 0.29) is 5.82 Å². The molecule has 24 heavy (non-hydrogen) atoms. The Kier molecular flexibility index (Phi) is 6.23. The van der Waals surface area contributed by atoms with Gasteiger partial charge in [0.15, 0.2) is 11.0 Å². The van der Waals surface area contributed by atoms with Gasteiger partial charge in [0, 0.05) is 37.5 Å². The summed E-state index contributed by atoms with van der Waals surface area (Å²) in [5, 5.41) is 9.65. The van der Waals surface area contributed by atoms with Crippen LogP contribution in [0, 0.1) is 5.82 Å². The molecular weight excluding hydrogens is 327 g/mol. The summed E-state index contributed by atoms with van der Waals surface area (Å²) < 4.78 is 20.8. The van der Waals surface area contributed by atoms with Gasteiger partial charge in [-0.25, -0.2) is 4.39 Å². The minimum absolute atomic E-state index is 0.237. The monoisotopic (exact) mass is 350 g/mol. The quantitative estimate of drug-likeness (QED) is 0.719. The second-order valence-corrected chi connectivity index (χ2v) is 6.83. The fraction of sp³-hybridized carbons (Fsp3) is 0.529. The molecule has 0 radical (unpaired) electrons. The van der Waals surface area contributed by atoms with Crippen LogP contribution in [0.2, 0.25) is 0 Å². The largest absolute Gasteiger partial charge is 0.379 e. The van der Waals surface area contributed by atoms with Gasteiger partial charge < -0.3 is 9.30 Å². The van der Waals surface area contributed by atoms with E-state index in [0.717, 1.165) is 68.1 Å². The van der Waals surface area contributed by atoms with E-state index < -0.39 is 0 Å². The summed E-state index contributed by atoms with van der Waals surface area (Å²) in [4.78, 5) is 2.40. The molecule has 1 fully saturated rings. The van der Waals surface area contributed by atoms with Gasteiger partial charge in [0.25, 0.3) is 0 Å². The summed E-state index contributed by atoms with van der Waals surface area (Å²) in [6.07, 6.45) is 1.09. The molecule has 7 heteroatoms. The second kappa shape index (κ2) is 8.60. The molecule has 0 amide bonds. The molecule has 0 saturated carbocycles. The van der Waals surface area contributed by atoms with Crippen LogP contribution in [-0.2, 0) is 11.3 Å². The van der Waals surface area contributed by atoms with Gasteiger partial charge in [0.2, 0.25) is 0 Å². The zero-order valence-corrected chi connectivity index (χ0v) is 14.8. The van der Waals surface area contributed by atoms with Crippen molar-refractivity contribution in [3.63, 3.8) is 0 Å². The number of rotatable bonds is 7.